The summed E-state index contributed by atoms with van der Waals surface area (Å²) in [5.74, 6) is 0. The first kappa shape index (κ1) is 29.7. The van der Waals surface area contributed by atoms with Gasteiger partial charge in [-0.15, -0.1) is 22.7 Å². The largest absolute Gasteiger partial charge is 0.135 e. The number of benzene rings is 9. The molecular weight excluding hydrogens is 677 g/mol. The Morgan fingerprint density at radius 2 is 0.906 bits per heavy atom. The molecule has 2 aromatic heterocycles. The van der Waals surface area contributed by atoms with E-state index < -0.39 is 0 Å². The Morgan fingerprint density at radius 1 is 0.358 bits per heavy atom. The van der Waals surface area contributed by atoms with E-state index in [1.54, 1.807) is 0 Å². The fraction of sp³-hybridized carbons (Fsp3) is 0.0588. The molecule has 1 aliphatic carbocycles. The summed E-state index contributed by atoms with van der Waals surface area (Å²) in [6.07, 6.45) is 0. The van der Waals surface area contributed by atoms with Crippen LogP contribution in [-0.4, -0.2) is 0 Å². The van der Waals surface area contributed by atoms with Gasteiger partial charge in [-0.25, -0.2) is 0 Å². The van der Waals surface area contributed by atoms with Crippen molar-refractivity contribution in [2.24, 2.45) is 0 Å². The average Bonchev–Trinajstić information content (AvgIpc) is 3.85. The summed E-state index contributed by atoms with van der Waals surface area (Å²) < 4.78 is 5.40. The standard InChI is InChI=1S/C51H32S2/c1-51(2)42-20-10-7-13-30(42)39-27-29(23-26-43(39)51)46-32-15-3-5-17-34(32)47(35-18-6-4-16-33(35)46)41-28-40-36(48-38-19-9-12-22-45(38)53-50(41)48)24-25-37-31-14-8-11-21-44(31)52-49(37)40/h3-28H,1-2H3. The molecule has 0 saturated heterocycles. The maximum absolute atomic E-state index is 2.53. The second kappa shape index (κ2) is 10.6. The summed E-state index contributed by atoms with van der Waals surface area (Å²) in [6, 6.07) is 59.6. The molecule has 2 heteroatoms. The molecule has 1 aliphatic rings. The molecule has 2 heterocycles. The lowest BCUT2D eigenvalue weighted by Gasteiger charge is -2.22. The lowest BCUT2D eigenvalue weighted by molar-refractivity contribution is 0.660. The first-order valence-electron chi connectivity index (χ1n) is 18.4. The molecule has 0 atom stereocenters. The van der Waals surface area contributed by atoms with Crippen molar-refractivity contribution in [1.82, 2.24) is 0 Å². The van der Waals surface area contributed by atoms with Crippen molar-refractivity contribution in [2.75, 3.05) is 0 Å². The molecule has 53 heavy (non-hydrogen) atoms. The predicted octanol–water partition coefficient (Wildman–Crippen LogP) is 15.5. The smallest absolute Gasteiger partial charge is 0.0440 e. The van der Waals surface area contributed by atoms with Gasteiger partial charge in [-0.2, -0.15) is 0 Å². The van der Waals surface area contributed by atoms with Crippen molar-refractivity contribution >= 4 is 95.3 Å². The number of thiophene rings is 2. The predicted molar refractivity (Wildman–Crippen MR) is 233 cm³/mol. The lowest BCUT2D eigenvalue weighted by Crippen LogP contribution is -2.14. The van der Waals surface area contributed by atoms with Crippen molar-refractivity contribution in [3.8, 4) is 33.4 Å². The maximum atomic E-state index is 2.53. The lowest BCUT2D eigenvalue weighted by atomic mass is 9.81. The Morgan fingerprint density at radius 3 is 1.64 bits per heavy atom. The van der Waals surface area contributed by atoms with Crippen LogP contribution in [0.5, 0.6) is 0 Å². The van der Waals surface area contributed by atoms with Gasteiger partial charge in [0, 0.05) is 56.7 Å². The molecule has 11 aromatic rings. The topological polar surface area (TPSA) is 0 Å². The van der Waals surface area contributed by atoms with Gasteiger partial charge >= 0.3 is 0 Å². The molecule has 0 N–H and O–H groups in total. The van der Waals surface area contributed by atoms with Crippen LogP contribution in [0.3, 0.4) is 0 Å². The van der Waals surface area contributed by atoms with Gasteiger partial charge in [0.1, 0.15) is 0 Å². The van der Waals surface area contributed by atoms with Gasteiger partial charge in [-0.1, -0.05) is 147 Å². The van der Waals surface area contributed by atoms with E-state index >= 15 is 0 Å². The molecule has 0 radical (unpaired) electrons. The highest BCUT2D eigenvalue weighted by atomic mass is 32.1. The highest BCUT2D eigenvalue weighted by Crippen LogP contribution is 2.53. The normalized spacial score (nSPS) is 13.6. The number of fused-ring (bicyclic) bond motifs is 14. The zero-order chi connectivity index (χ0) is 35.0. The molecule has 0 bridgehead atoms. The third-order valence-corrected chi connectivity index (χ3v) is 14.5. The minimum atomic E-state index is -0.0238. The van der Waals surface area contributed by atoms with Crippen LogP contribution in [-0.2, 0) is 5.41 Å². The molecule has 0 fully saturated rings. The molecule has 0 amide bonds. The van der Waals surface area contributed by atoms with Gasteiger partial charge in [0.05, 0.1) is 0 Å². The summed E-state index contributed by atoms with van der Waals surface area (Å²) in [6.45, 7) is 4.73. The summed E-state index contributed by atoms with van der Waals surface area (Å²) in [5.41, 5.74) is 10.7. The molecule has 248 valence electrons. The van der Waals surface area contributed by atoms with Crippen molar-refractivity contribution in [2.45, 2.75) is 19.3 Å². The highest BCUT2D eigenvalue weighted by molar-refractivity contribution is 7.27. The van der Waals surface area contributed by atoms with Gasteiger partial charge in [-0.3, -0.25) is 0 Å². The Bertz CT molecular complexity index is 3310. The summed E-state index contributed by atoms with van der Waals surface area (Å²) >= 11 is 3.86. The average molecular weight is 709 g/mol. The van der Waals surface area contributed by atoms with E-state index in [1.165, 1.54) is 117 Å². The Hall–Kier alpha value is -5.80. The van der Waals surface area contributed by atoms with Gasteiger partial charge in [0.15, 0.2) is 0 Å². The van der Waals surface area contributed by atoms with E-state index in [1.807, 2.05) is 22.7 Å². The monoisotopic (exact) mass is 708 g/mol. The number of rotatable bonds is 2. The van der Waals surface area contributed by atoms with Crippen LogP contribution in [0, 0.1) is 0 Å². The van der Waals surface area contributed by atoms with Crippen LogP contribution in [0.4, 0.5) is 0 Å². The maximum Gasteiger partial charge on any atom is 0.0440 e. The van der Waals surface area contributed by atoms with E-state index in [9.17, 15) is 0 Å². The van der Waals surface area contributed by atoms with Gasteiger partial charge < -0.3 is 0 Å². The number of hydrogen-bond acceptors (Lipinski definition) is 2. The fourth-order valence-electron chi connectivity index (χ4n) is 9.67. The third-order valence-electron chi connectivity index (χ3n) is 12.1. The molecule has 0 nitrogen and oxygen atoms in total. The molecular formula is C51H32S2. The zero-order valence-corrected chi connectivity index (χ0v) is 31.0. The van der Waals surface area contributed by atoms with E-state index in [-0.39, 0.29) is 5.41 Å². The minimum absolute atomic E-state index is 0.0238. The quantitative estimate of drug-likeness (QED) is 0.157. The Kier molecular flexibility index (Phi) is 5.97. The van der Waals surface area contributed by atoms with Crippen molar-refractivity contribution in [3.05, 3.63) is 169 Å². The Labute approximate surface area is 315 Å². The van der Waals surface area contributed by atoms with Crippen LogP contribution in [0.15, 0.2) is 158 Å². The second-order valence-corrected chi connectivity index (χ2v) is 17.2. The van der Waals surface area contributed by atoms with Gasteiger partial charge in [0.2, 0.25) is 0 Å². The van der Waals surface area contributed by atoms with Crippen LogP contribution in [0.25, 0.3) is 106 Å². The SMILES string of the molecule is CC1(C)c2ccccc2-c2cc(-c3c4ccccc4c(-c4cc5c(ccc6c7ccccc7sc65)c5c4sc4ccccc45)c4ccccc34)ccc21. The highest BCUT2D eigenvalue weighted by Gasteiger charge is 2.35. The fourth-order valence-corrected chi connectivity index (χ4v) is 12.1. The molecule has 0 saturated carbocycles. The van der Waals surface area contributed by atoms with Crippen LogP contribution in [0.1, 0.15) is 25.0 Å². The van der Waals surface area contributed by atoms with Gasteiger partial charge in [-0.05, 0) is 90.1 Å². The molecule has 0 spiro atoms. The first-order valence-corrected chi connectivity index (χ1v) is 20.1. The van der Waals surface area contributed by atoms with Crippen LogP contribution in [0.2, 0.25) is 0 Å². The third kappa shape index (κ3) is 3.95. The van der Waals surface area contributed by atoms with Crippen molar-refractivity contribution in [1.29, 1.82) is 0 Å². The van der Waals surface area contributed by atoms with E-state index in [0.717, 1.165) is 0 Å². The van der Waals surface area contributed by atoms with Crippen molar-refractivity contribution < 1.29 is 0 Å². The van der Waals surface area contributed by atoms with Crippen LogP contribution < -0.4 is 0 Å². The molecule has 0 aliphatic heterocycles. The number of hydrogen-bond donors (Lipinski definition) is 0. The minimum Gasteiger partial charge on any atom is -0.135 e. The Balaban J connectivity index is 1.23. The van der Waals surface area contributed by atoms with Crippen LogP contribution >= 0.6 is 22.7 Å². The second-order valence-electron chi connectivity index (χ2n) is 15.1. The van der Waals surface area contributed by atoms with E-state index in [2.05, 4.69) is 172 Å². The molecule has 9 aromatic carbocycles. The zero-order valence-electron chi connectivity index (χ0n) is 29.3. The molecule has 12 rings (SSSR count). The van der Waals surface area contributed by atoms with Crippen molar-refractivity contribution in [3.63, 3.8) is 0 Å². The van der Waals surface area contributed by atoms with E-state index in [0.29, 0.717) is 0 Å². The van der Waals surface area contributed by atoms with E-state index in [4.69, 9.17) is 0 Å². The summed E-state index contributed by atoms with van der Waals surface area (Å²) in [5, 5.41) is 13.2. The summed E-state index contributed by atoms with van der Waals surface area (Å²) in [4.78, 5) is 0. The molecule has 0 unspecified atom stereocenters. The first-order chi connectivity index (χ1) is 26.1. The summed E-state index contributed by atoms with van der Waals surface area (Å²) in [7, 11) is 0. The van der Waals surface area contributed by atoms with Gasteiger partial charge in [0.25, 0.3) is 0 Å².